The molecule has 1 aromatic carbocycles. The predicted molar refractivity (Wildman–Crippen MR) is 64.6 cm³/mol. The zero-order chi connectivity index (χ0) is 11.3. The Bertz CT molecular complexity index is 355. The summed E-state index contributed by atoms with van der Waals surface area (Å²) >= 11 is 3.30. The van der Waals surface area contributed by atoms with E-state index < -0.39 is 0 Å². The van der Waals surface area contributed by atoms with Crippen LogP contribution in [0.5, 0.6) is 0 Å². The minimum atomic E-state index is -0.136. The Balaban J connectivity index is 2.68. The number of rotatable bonds is 4. The van der Waals surface area contributed by atoms with E-state index in [1.807, 2.05) is 0 Å². The molecule has 0 aliphatic carbocycles. The first-order valence-electron chi connectivity index (χ1n) is 4.68. The fourth-order valence-corrected chi connectivity index (χ4v) is 1.54. The number of hydrogen-bond acceptors (Lipinski definition) is 3. The lowest BCUT2D eigenvalue weighted by atomic mass is 10.2. The second kappa shape index (κ2) is 5.72. The Hall–Kier alpha value is -1.07. The standard InChI is InChI=1S/C10H14BrN3O/c11-9-3-2-7(13)6-8(9)10(15)14-5-1-4-12/h2-3,6H,1,4-5,12-13H2,(H,14,15). The second-order valence-corrected chi connectivity index (χ2v) is 3.99. The fourth-order valence-electron chi connectivity index (χ4n) is 1.12. The van der Waals surface area contributed by atoms with Crippen molar-refractivity contribution in [2.75, 3.05) is 18.8 Å². The molecule has 82 valence electrons. The Labute approximate surface area is 97.1 Å². The van der Waals surface area contributed by atoms with Crippen molar-refractivity contribution in [2.45, 2.75) is 6.42 Å². The molecule has 0 atom stereocenters. The van der Waals surface area contributed by atoms with Gasteiger partial charge in [0.15, 0.2) is 0 Å². The van der Waals surface area contributed by atoms with E-state index in [0.29, 0.717) is 24.3 Å². The Morgan fingerprint density at radius 1 is 1.47 bits per heavy atom. The van der Waals surface area contributed by atoms with Gasteiger partial charge in [0.05, 0.1) is 5.56 Å². The van der Waals surface area contributed by atoms with Crippen molar-refractivity contribution in [2.24, 2.45) is 5.73 Å². The molecule has 5 heteroatoms. The van der Waals surface area contributed by atoms with Gasteiger partial charge in [0.25, 0.3) is 5.91 Å². The number of anilines is 1. The number of nitrogens with one attached hydrogen (secondary N) is 1. The van der Waals surface area contributed by atoms with Crippen molar-refractivity contribution in [3.8, 4) is 0 Å². The van der Waals surface area contributed by atoms with Gasteiger partial charge in [0.1, 0.15) is 0 Å². The van der Waals surface area contributed by atoms with Crippen LogP contribution in [0.2, 0.25) is 0 Å². The minimum Gasteiger partial charge on any atom is -0.399 e. The van der Waals surface area contributed by atoms with Gasteiger partial charge in [-0.3, -0.25) is 4.79 Å². The molecule has 0 unspecified atom stereocenters. The van der Waals surface area contributed by atoms with Gasteiger partial charge in [-0.2, -0.15) is 0 Å². The highest BCUT2D eigenvalue weighted by Gasteiger charge is 2.09. The number of halogens is 1. The molecule has 0 bridgehead atoms. The van der Waals surface area contributed by atoms with Crippen LogP contribution in [0.25, 0.3) is 0 Å². The minimum absolute atomic E-state index is 0.136. The van der Waals surface area contributed by atoms with Gasteiger partial charge in [0, 0.05) is 16.7 Å². The van der Waals surface area contributed by atoms with E-state index in [4.69, 9.17) is 11.5 Å². The Morgan fingerprint density at radius 2 is 2.20 bits per heavy atom. The third-order valence-corrected chi connectivity index (χ3v) is 2.59. The normalized spacial score (nSPS) is 10.0. The zero-order valence-electron chi connectivity index (χ0n) is 8.29. The highest BCUT2D eigenvalue weighted by molar-refractivity contribution is 9.10. The summed E-state index contributed by atoms with van der Waals surface area (Å²) in [7, 11) is 0. The van der Waals surface area contributed by atoms with Gasteiger partial charge in [0.2, 0.25) is 0 Å². The number of benzene rings is 1. The maximum absolute atomic E-state index is 11.7. The summed E-state index contributed by atoms with van der Waals surface area (Å²) in [5, 5.41) is 2.76. The lowest BCUT2D eigenvalue weighted by molar-refractivity contribution is 0.0953. The molecule has 1 rings (SSSR count). The molecular formula is C10H14BrN3O. The van der Waals surface area contributed by atoms with Crippen LogP contribution in [0, 0.1) is 0 Å². The van der Waals surface area contributed by atoms with E-state index in [0.717, 1.165) is 10.9 Å². The van der Waals surface area contributed by atoms with Gasteiger partial charge in [-0.25, -0.2) is 0 Å². The second-order valence-electron chi connectivity index (χ2n) is 3.14. The van der Waals surface area contributed by atoms with Crippen molar-refractivity contribution in [3.05, 3.63) is 28.2 Å². The van der Waals surface area contributed by atoms with Crippen LogP contribution in [-0.2, 0) is 0 Å². The summed E-state index contributed by atoms with van der Waals surface area (Å²) in [5.41, 5.74) is 12.0. The fraction of sp³-hybridized carbons (Fsp3) is 0.300. The number of nitrogens with two attached hydrogens (primary N) is 2. The van der Waals surface area contributed by atoms with Crippen LogP contribution in [0.1, 0.15) is 16.8 Å². The molecule has 4 nitrogen and oxygen atoms in total. The first-order valence-corrected chi connectivity index (χ1v) is 5.47. The lowest BCUT2D eigenvalue weighted by Crippen LogP contribution is -2.26. The van der Waals surface area contributed by atoms with Crippen molar-refractivity contribution < 1.29 is 4.79 Å². The first-order chi connectivity index (χ1) is 7.15. The number of nitrogen functional groups attached to an aromatic ring is 1. The van der Waals surface area contributed by atoms with Gasteiger partial charge in [-0.15, -0.1) is 0 Å². The van der Waals surface area contributed by atoms with E-state index in [1.54, 1.807) is 18.2 Å². The summed E-state index contributed by atoms with van der Waals surface area (Å²) in [6.07, 6.45) is 0.770. The first kappa shape index (κ1) is 12.0. The lowest BCUT2D eigenvalue weighted by Gasteiger charge is -2.06. The van der Waals surface area contributed by atoms with Crippen LogP contribution < -0.4 is 16.8 Å². The Morgan fingerprint density at radius 3 is 2.87 bits per heavy atom. The van der Waals surface area contributed by atoms with Crippen molar-refractivity contribution in [1.82, 2.24) is 5.32 Å². The van der Waals surface area contributed by atoms with Crippen LogP contribution >= 0.6 is 15.9 Å². The van der Waals surface area contributed by atoms with Gasteiger partial charge < -0.3 is 16.8 Å². The number of carbonyl (C=O) groups is 1. The molecule has 0 fully saturated rings. The Kier molecular flexibility index (Phi) is 4.58. The van der Waals surface area contributed by atoms with Crippen molar-refractivity contribution >= 4 is 27.5 Å². The topological polar surface area (TPSA) is 81.1 Å². The van der Waals surface area contributed by atoms with E-state index in [-0.39, 0.29) is 5.91 Å². The van der Waals surface area contributed by atoms with Crippen molar-refractivity contribution in [1.29, 1.82) is 0 Å². The van der Waals surface area contributed by atoms with Gasteiger partial charge in [-0.05, 0) is 47.1 Å². The van der Waals surface area contributed by atoms with Gasteiger partial charge in [-0.1, -0.05) is 0 Å². The maximum atomic E-state index is 11.7. The van der Waals surface area contributed by atoms with Crippen LogP contribution in [0.4, 0.5) is 5.69 Å². The molecular weight excluding hydrogens is 258 g/mol. The zero-order valence-corrected chi connectivity index (χ0v) is 9.88. The van der Waals surface area contributed by atoms with E-state index >= 15 is 0 Å². The number of amides is 1. The molecule has 0 aromatic heterocycles. The predicted octanol–water partition coefficient (Wildman–Crippen LogP) is 1.11. The monoisotopic (exact) mass is 271 g/mol. The molecule has 0 radical (unpaired) electrons. The highest BCUT2D eigenvalue weighted by Crippen LogP contribution is 2.19. The summed E-state index contributed by atoms with van der Waals surface area (Å²) in [5.74, 6) is -0.136. The van der Waals surface area contributed by atoms with E-state index in [9.17, 15) is 4.79 Å². The average molecular weight is 272 g/mol. The van der Waals surface area contributed by atoms with Crippen LogP contribution in [0.3, 0.4) is 0 Å². The average Bonchev–Trinajstić information content (AvgIpc) is 2.22. The molecule has 1 aromatic rings. The summed E-state index contributed by atoms with van der Waals surface area (Å²) in [6.45, 7) is 1.15. The molecule has 0 saturated carbocycles. The van der Waals surface area contributed by atoms with E-state index in [2.05, 4.69) is 21.2 Å². The molecule has 1 amide bonds. The number of hydrogen-bond donors (Lipinski definition) is 3. The largest absolute Gasteiger partial charge is 0.399 e. The molecule has 0 saturated heterocycles. The SMILES string of the molecule is NCCCNC(=O)c1cc(N)ccc1Br. The summed E-state index contributed by atoms with van der Waals surface area (Å²) in [6, 6.07) is 5.13. The third-order valence-electron chi connectivity index (χ3n) is 1.90. The highest BCUT2D eigenvalue weighted by atomic mass is 79.9. The molecule has 0 aliphatic heterocycles. The molecule has 0 aliphatic rings. The summed E-state index contributed by atoms with van der Waals surface area (Å²) in [4.78, 5) is 11.7. The smallest absolute Gasteiger partial charge is 0.252 e. The van der Waals surface area contributed by atoms with Crippen LogP contribution in [-0.4, -0.2) is 19.0 Å². The molecule has 0 heterocycles. The van der Waals surface area contributed by atoms with Gasteiger partial charge >= 0.3 is 0 Å². The molecule has 15 heavy (non-hydrogen) atoms. The molecule has 0 spiro atoms. The maximum Gasteiger partial charge on any atom is 0.252 e. The quantitative estimate of drug-likeness (QED) is 0.567. The van der Waals surface area contributed by atoms with Crippen molar-refractivity contribution in [3.63, 3.8) is 0 Å². The summed E-state index contributed by atoms with van der Waals surface area (Å²) < 4.78 is 0.738. The molecule has 5 N–H and O–H groups in total. The van der Waals surface area contributed by atoms with E-state index in [1.165, 1.54) is 0 Å². The number of carbonyl (C=O) groups excluding carboxylic acids is 1. The van der Waals surface area contributed by atoms with Crippen LogP contribution in [0.15, 0.2) is 22.7 Å². The third kappa shape index (κ3) is 3.53.